The third-order valence-corrected chi connectivity index (χ3v) is 3.68. The van der Waals surface area contributed by atoms with Gasteiger partial charge in [0, 0.05) is 12.6 Å². The lowest BCUT2D eigenvalue weighted by molar-refractivity contribution is -0.117. The number of nitrogens with zero attached hydrogens (tertiary/aromatic N) is 1. The highest BCUT2D eigenvalue weighted by Gasteiger charge is 2.34. The highest BCUT2D eigenvalue weighted by molar-refractivity contribution is 5.88. The van der Waals surface area contributed by atoms with Crippen LogP contribution in [0.2, 0.25) is 0 Å². The van der Waals surface area contributed by atoms with E-state index >= 15 is 0 Å². The summed E-state index contributed by atoms with van der Waals surface area (Å²) in [5, 5.41) is 2.95. The van der Waals surface area contributed by atoms with E-state index in [1.807, 2.05) is 25.8 Å². The molecular formula is C16H20F2N2O. The van der Waals surface area contributed by atoms with Crippen molar-refractivity contribution in [2.24, 2.45) is 0 Å². The molecule has 1 aromatic carbocycles. The predicted molar refractivity (Wildman–Crippen MR) is 77.7 cm³/mol. The van der Waals surface area contributed by atoms with Crippen LogP contribution in [0.3, 0.4) is 0 Å². The van der Waals surface area contributed by atoms with Gasteiger partial charge in [0.2, 0.25) is 5.91 Å². The number of hydrogen-bond donors (Lipinski definition) is 1. The molecule has 0 spiro atoms. The monoisotopic (exact) mass is 294 g/mol. The summed E-state index contributed by atoms with van der Waals surface area (Å²) in [5.74, 6) is -1.87. The summed E-state index contributed by atoms with van der Waals surface area (Å²) >= 11 is 0. The molecule has 1 aliphatic heterocycles. The van der Waals surface area contributed by atoms with Gasteiger partial charge in [-0.1, -0.05) is 11.6 Å². The number of nitrogens with one attached hydrogen (secondary N) is 1. The molecule has 1 aliphatic rings. The number of carbonyl (C=O) groups excluding carboxylic acids is 1. The fraction of sp³-hybridized carbons (Fsp3) is 0.438. The normalized spacial score (nSPS) is 22.1. The number of benzene rings is 1. The average Bonchev–Trinajstić information content (AvgIpc) is 2.73. The molecule has 0 aromatic heterocycles. The van der Waals surface area contributed by atoms with Crippen molar-refractivity contribution in [1.82, 2.24) is 10.2 Å². The Morgan fingerprint density at radius 3 is 2.67 bits per heavy atom. The van der Waals surface area contributed by atoms with Gasteiger partial charge < -0.3 is 5.32 Å². The molecule has 114 valence electrons. The molecule has 3 nitrogen and oxygen atoms in total. The van der Waals surface area contributed by atoms with Crippen molar-refractivity contribution in [1.29, 1.82) is 0 Å². The van der Waals surface area contributed by atoms with Crippen molar-refractivity contribution in [2.45, 2.75) is 32.4 Å². The maximum atomic E-state index is 13.4. The van der Waals surface area contributed by atoms with Gasteiger partial charge in [0.25, 0.3) is 0 Å². The predicted octanol–water partition coefficient (Wildman–Crippen LogP) is 2.79. The van der Waals surface area contributed by atoms with Crippen molar-refractivity contribution in [3.8, 4) is 0 Å². The van der Waals surface area contributed by atoms with Crippen LogP contribution >= 0.6 is 0 Å². The fourth-order valence-corrected chi connectivity index (χ4v) is 2.77. The van der Waals surface area contributed by atoms with Crippen LogP contribution < -0.4 is 5.32 Å². The van der Waals surface area contributed by atoms with Gasteiger partial charge in [-0.2, -0.15) is 0 Å². The van der Waals surface area contributed by atoms with Gasteiger partial charge >= 0.3 is 0 Å². The molecule has 0 radical (unpaired) electrons. The third-order valence-electron chi connectivity index (χ3n) is 3.68. The molecule has 0 saturated carbocycles. The Labute approximate surface area is 123 Å². The summed E-state index contributed by atoms with van der Waals surface area (Å²) < 4.78 is 26.5. The van der Waals surface area contributed by atoms with Crippen LogP contribution in [0.25, 0.3) is 0 Å². The number of allylic oxidation sites excluding steroid dienone is 1. The number of hydrogen-bond acceptors (Lipinski definition) is 2. The van der Waals surface area contributed by atoms with Gasteiger partial charge in [0.1, 0.15) is 0 Å². The van der Waals surface area contributed by atoms with Crippen LogP contribution in [0.15, 0.2) is 29.8 Å². The molecular weight excluding hydrogens is 274 g/mol. The SMILES string of the molecule is CC(C)=CC(=O)N[C@@H]1CCN(C)[C@@H]1c1ccc(F)c(F)c1. The van der Waals surface area contributed by atoms with E-state index in [9.17, 15) is 13.6 Å². The summed E-state index contributed by atoms with van der Waals surface area (Å²) in [6.07, 6.45) is 2.32. The lowest BCUT2D eigenvalue weighted by atomic mass is 10.00. The smallest absolute Gasteiger partial charge is 0.244 e. The van der Waals surface area contributed by atoms with Gasteiger partial charge in [-0.25, -0.2) is 8.78 Å². The number of amides is 1. The minimum absolute atomic E-state index is 0.108. The van der Waals surface area contributed by atoms with Gasteiger partial charge in [-0.15, -0.1) is 0 Å². The summed E-state index contributed by atoms with van der Waals surface area (Å²) in [5.41, 5.74) is 1.60. The van der Waals surface area contributed by atoms with Crippen LogP contribution in [0.5, 0.6) is 0 Å². The molecule has 1 N–H and O–H groups in total. The first-order valence-electron chi connectivity index (χ1n) is 6.99. The minimum atomic E-state index is -0.859. The molecule has 21 heavy (non-hydrogen) atoms. The Hall–Kier alpha value is -1.75. The first-order chi connectivity index (χ1) is 9.88. The fourth-order valence-electron chi connectivity index (χ4n) is 2.77. The van der Waals surface area contributed by atoms with Crippen LogP contribution in [0.4, 0.5) is 8.78 Å². The van der Waals surface area contributed by atoms with Gasteiger partial charge in [-0.3, -0.25) is 9.69 Å². The summed E-state index contributed by atoms with van der Waals surface area (Å²) in [6.45, 7) is 4.50. The van der Waals surface area contributed by atoms with Gasteiger partial charge in [-0.05, 0) is 45.0 Å². The van der Waals surface area contributed by atoms with Crippen LogP contribution in [-0.4, -0.2) is 30.4 Å². The highest BCUT2D eigenvalue weighted by atomic mass is 19.2. The molecule has 1 fully saturated rings. The second-order valence-electron chi connectivity index (χ2n) is 5.72. The minimum Gasteiger partial charge on any atom is -0.348 e. The largest absolute Gasteiger partial charge is 0.348 e. The molecule has 2 atom stereocenters. The van der Waals surface area contributed by atoms with Crippen molar-refractivity contribution in [3.05, 3.63) is 47.0 Å². The van der Waals surface area contributed by atoms with Crippen molar-refractivity contribution >= 4 is 5.91 Å². The Morgan fingerprint density at radius 1 is 1.33 bits per heavy atom. The molecule has 0 aliphatic carbocycles. The number of likely N-dealkylation sites (N-methyl/N-ethyl adjacent to an activating group) is 1. The summed E-state index contributed by atoms with van der Waals surface area (Å²) in [7, 11) is 1.92. The molecule has 1 saturated heterocycles. The number of carbonyl (C=O) groups is 1. The number of halogens is 2. The van der Waals surface area contributed by atoms with Gasteiger partial charge in [0.05, 0.1) is 12.1 Å². The Kier molecular flexibility index (Phi) is 4.73. The van der Waals surface area contributed by atoms with E-state index in [1.165, 1.54) is 6.07 Å². The zero-order valence-corrected chi connectivity index (χ0v) is 12.5. The van der Waals surface area contributed by atoms with Crippen molar-refractivity contribution in [2.75, 3.05) is 13.6 Å². The average molecular weight is 294 g/mol. The lowest BCUT2D eigenvalue weighted by Gasteiger charge is -2.26. The molecule has 2 rings (SSSR count). The molecule has 1 amide bonds. The second-order valence-corrected chi connectivity index (χ2v) is 5.72. The standard InChI is InChI=1S/C16H20F2N2O/c1-10(2)8-15(21)19-14-6-7-20(3)16(14)11-4-5-12(17)13(18)9-11/h4-5,8-9,14,16H,6-7H2,1-3H3,(H,19,21)/t14-,16-/m1/s1. The number of rotatable bonds is 3. The van der Waals surface area contributed by atoms with Crippen molar-refractivity contribution < 1.29 is 13.6 Å². The quantitative estimate of drug-likeness (QED) is 0.869. The lowest BCUT2D eigenvalue weighted by Crippen LogP contribution is -2.38. The maximum absolute atomic E-state index is 13.4. The van der Waals surface area contributed by atoms with E-state index in [-0.39, 0.29) is 18.0 Å². The third kappa shape index (κ3) is 3.67. The molecule has 0 unspecified atom stereocenters. The van der Waals surface area contributed by atoms with E-state index in [4.69, 9.17) is 0 Å². The summed E-state index contributed by atoms with van der Waals surface area (Å²) in [6, 6.07) is 3.66. The molecule has 1 aromatic rings. The van der Waals surface area contributed by atoms with Crippen LogP contribution in [0.1, 0.15) is 31.9 Å². The van der Waals surface area contributed by atoms with Crippen LogP contribution in [-0.2, 0) is 4.79 Å². The van der Waals surface area contributed by atoms with E-state index in [2.05, 4.69) is 5.32 Å². The topological polar surface area (TPSA) is 32.3 Å². The first-order valence-corrected chi connectivity index (χ1v) is 6.99. The zero-order chi connectivity index (χ0) is 15.6. The Morgan fingerprint density at radius 2 is 2.05 bits per heavy atom. The van der Waals surface area contributed by atoms with Crippen molar-refractivity contribution in [3.63, 3.8) is 0 Å². The molecule has 5 heteroatoms. The van der Waals surface area contributed by atoms with E-state index in [0.717, 1.165) is 24.6 Å². The van der Waals surface area contributed by atoms with E-state index in [0.29, 0.717) is 5.56 Å². The van der Waals surface area contributed by atoms with Crippen LogP contribution in [0, 0.1) is 11.6 Å². The Balaban J connectivity index is 2.20. The molecule has 0 bridgehead atoms. The molecule has 1 heterocycles. The van der Waals surface area contributed by atoms with E-state index in [1.54, 1.807) is 12.1 Å². The zero-order valence-electron chi connectivity index (χ0n) is 12.5. The highest BCUT2D eigenvalue weighted by Crippen LogP contribution is 2.31. The Bertz CT molecular complexity index is 567. The van der Waals surface area contributed by atoms with Gasteiger partial charge in [0.15, 0.2) is 11.6 Å². The van der Waals surface area contributed by atoms with E-state index < -0.39 is 11.6 Å². The maximum Gasteiger partial charge on any atom is 0.244 e. The number of likely N-dealkylation sites (tertiary alicyclic amines) is 1. The summed E-state index contributed by atoms with van der Waals surface area (Å²) in [4.78, 5) is 13.9. The first kappa shape index (κ1) is 15.6. The second kappa shape index (κ2) is 6.35.